The summed E-state index contributed by atoms with van der Waals surface area (Å²) in [6.45, 7) is 6.58. The van der Waals surface area contributed by atoms with E-state index in [4.69, 9.17) is 4.74 Å². The van der Waals surface area contributed by atoms with Crippen LogP contribution in [-0.4, -0.2) is 33.5 Å². The van der Waals surface area contributed by atoms with Gasteiger partial charge in [0, 0.05) is 18.7 Å². The Kier molecular flexibility index (Phi) is 7.53. The highest BCUT2D eigenvalue weighted by molar-refractivity contribution is 7.99. The number of anilines is 1. The average Bonchev–Trinajstić information content (AvgIpc) is 3.01. The number of aryl methyl sites for hydroxylation is 1. The van der Waals surface area contributed by atoms with Crippen molar-refractivity contribution in [2.45, 2.75) is 37.9 Å². The summed E-state index contributed by atoms with van der Waals surface area (Å²) < 4.78 is 7.12. The molecule has 0 radical (unpaired) electrons. The molecular weight excluding hydrogens is 336 g/mol. The molecule has 25 heavy (non-hydrogen) atoms. The van der Waals surface area contributed by atoms with Crippen molar-refractivity contribution in [3.63, 3.8) is 0 Å². The molecule has 0 unspecified atom stereocenters. The fourth-order valence-electron chi connectivity index (χ4n) is 2.26. The van der Waals surface area contributed by atoms with Gasteiger partial charge in [-0.3, -0.25) is 4.79 Å². The second-order valence-corrected chi connectivity index (χ2v) is 6.41. The van der Waals surface area contributed by atoms with Crippen molar-refractivity contribution in [1.82, 2.24) is 14.8 Å². The Hall–Kier alpha value is -2.28. The number of carbonyl (C=O) groups excluding carboxylic acids is 1. The summed E-state index contributed by atoms with van der Waals surface area (Å²) in [4.78, 5) is 12.1. The number of methoxy groups -OCH3 is 1. The van der Waals surface area contributed by atoms with Crippen LogP contribution in [0.3, 0.4) is 0 Å². The summed E-state index contributed by atoms with van der Waals surface area (Å²) in [7, 11) is 1.61. The maximum absolute atomic E-state index is 12.1. The van der Waals surface area contributed by atoms with Gasteiger partial charge in [0.15, 0.2) is 5.16 Å². The molecule has 7 heteroatoms. The first kappa shape index (κ1) is 19.1. The van der Waals surface area contributed by atoms with Gasteiger partial charge >= 0.3 is 0 Å². The minimum atomic E-state index is -0.0848. The molecule has 0 bridgehead atoms. The van der Waals surface area contributed by atoms with Crippen molar-refractivity contribution in [2.24, 2.45) is 0 Å². The lowest BCUT2D eigenvalue weighted by Crippen LogP contribution is -2.14. The Bertz CT molecular complexity index is 698. The van der Waals surface area contributed by atoms with E-state index >= 15 is 0 Å². The van der Waals surface area contributed by atoms with E-state index in [1.807, 2.05) is 34.9 Å². The fourth-order valence-corrected chi connectivity index (χ4v) is 3.03. The Morgan fingerprint density at radius 3 is 2.76 bits per heavy atom. The maximum atomic E-state index is 12.1. The lowest BCUT2D eigenvalue weighted by Gasteiger charge is -2.08. The SMILES string of the molecule is C=CCn1c(CCCC)nnc1SCC(=O)Nc1ccc(OC)cc1. The molecule has 1 heterocycles. The summed E-state index contributed by atoms with van der Waals surface area (Å²) in [5, 5.41) is 12.1. The second kappa shape index (κ2) is 9.88. The number of thioether (sulfide) groups is 1. The zero-order chi connectivity index (χ0) is 18.1. The summed E-state index contributed by atoms with van der Waals surface area (Å²) in [6, 6.07) is 7.24. The van der Waals surface area contributed by atoms with Crippen LogP contribution in [0, 0.1) is 0 Å². The van der Waals surface area contributed by atoms with Crippen LogP contribution in [-0.2, 0) is 17.8 Å². The first-order valence-corrected chi connectivity index (χ1v) is 9.26. The third kappa shape index (κ3) is 5.63. The van der Waals surface area contributed by atoms with Gasteiger partial charge in [-0.2, -0.15) is 0 Å². The zero-order valence-electron chi connectivity index (χ0n) is 14.7. The molecule has 0 saturated heterocycles. The standard InChI is InChI=1S/C18H24N4O2S/c1-4-6-7-16-20-21-18(22(16)12-5-2)25-13-17(23)19-14-8-10-15(24-3)11-9-14/h5,8-11H,2,4,6-7,12-13H2,1,3H3,(H,19,23). The predicted molar refractivity (Wildman–Crippen MR) is 101 cm³/mol. The first-order chi connectivity index (χ1) is 12.2. The molecule has 0 aliphatic heterocycles. The molecule has 0 aliphatic rings. The van der Waals surface area contributed by atoms with E-state index in [9.17, 15) is 4.79 Å². The molecule has 1 amide bonds. The molecule has 6 nitrogen and oxygen atoms in total. The molecule has 1 aromatic heterocycles. The Balaban J connectivity index is 1.93. The number of ether oxygens (including phenoxy) is 1. The van der Waals surface area contributed by atoms with Gasteiger partial charge in [0.1, 0.15) is 11.6 Å². The maximum Gasteiger partial charge on any atom is 0.234 e. The number of rotatable bonds is 10. The number of nitrogens with one attached hydrogen (secondary N) is 1. The van der Waals surface area contributed by atoms with Gasteiger partial charge in [0.05, 0.1) is 12.9 Å². The normalized spacial score (nSPS) is 10.5. The number of allylic oxidation sites excluding steroid dienone is 1. The molecule has 1 aromatic carbocycles. The number of carbonyl (C=O) groups is 1. The third-order valence-electron chi connectivity index (χ3n) is 3.57. The van der Waals surface area contributed by atoms with Crippen molar-refractivity contribution in [1.29, 1.82) is 0 Å². The Morgan fingerprint density at radius 1 is 1.36 bits per heavy atom. The van der Waals surface area contributed by atoms with Gasteiger partial charge in [-0.1, -0.05) is 31.2 Å². The molecule has 134 valence electrons. The molecule has 2 rings (SSSR count). The number of hydrogen-bond donors (Lipinski definition) is 1. The van der Waals surface area contributed by atoms with E-state index in [-0.39, 0.29) is 11.7 Å². The van der Waals surface area contributed by atoms with Crippen LogP contribution in [0.2, 0.25) is 0 Å². The highest BCUT2D eigenvalue weighted by atomic mass is 32.2. The predicted octanol–water partition coefficient (Wildman–Crippen LogP) is 3.55. The van der Waals surface area contributed by atoms with Gasteiger partial charge < -0.3 is 14.6 Å². The largest absolute Gasteiger partial charge is 0.497 e. The van der Waals surface area contributed by atoms with Gasteiger partial charge in [0.2, 0.25) is 5.91 Å². The minimum absolute atomic E-state index is 0.0848. The fraction of sp³-hybridized carbons (Fsp3) is 0.389. The molecule has 0 spiro atoms. The molecule has 1 N–H and O–H groups in total. The highest BCUT2D eigenvalue weighted by Gasteiger charge is 2.13. The van der Waals surface area contributed by atoms with E-state index < -0.39 is 0 Å². The van der Waals surface area contributed by atoms with Crippen LogP contribution < -0.4 is 10.1 Å². The lowest BCUT2D eigenvalue weighted by atomic mass is 10.2. The zero-order valence-corrected chi connectivity index (χ0v) is 15.5. The monoisotopic (exact) mass is 360 g/mol. The Morgan fingerprint density at radius 2 is 2.12 bits per heavy atom. The molecule has 0 aliphatic carbocycles. The summed E-state index contributed by atoms with van der Waals surface area (Å²) in [5.41, 5.74) is 0.739. The van der Waals surface area contributed by atoms with Crippen molar-refractivity contribution < 1.29 is 9.53 Å². The molecular formula is C18H24N4O2S. The van der Waals surface area contributed by atoms with Crippen LogP contribution in [0.15, 0.2) is 42.1 Å². The average molecular weight is 360 g/mol. The lowest BCUT2D eigenvalue weighted by molar-refractivity contribution is -0.113. The highest BCUT2D eigenvalue weighted by Crippen LogP contribution is 2.20. The minimum Gasteiger partial charge on any atom is -0.497 e. The van der Waals surface area contributed by atoms with E-state index in [0.29, 0.717) is 6.54 Å². The molecule has 0 fully saturated rings. The van der Waals surface area contributed by atoms with Gasteiger partial charge in [-0.05, 0) is 30.7 Å². The van der Waals surface area contributed by atoms with Crippen molar-refractivity contribution in [3.8, 4) is 5.75 Å². The first-order valence-electron chi connectivity index (χ1n) is 8.27. The van der Waals surface area contributed by atoms with Gasteiger partial charge in [-0.15, -0.1) is 16.8 Å². The summed E-state index contributed by atoms with van der Waals surface area (Å²) in [5.74, 6) is 1.89. The molecule has 0 atom stereocenters. The van der Waals surface area contributed by atoms with E-state index in [0.717, 1.165) is 41.7 Å². The topological polar surface area (TPSA) is 69.0 Å². The number of benzene rings is 1. The van der Waals surface area contributed by atoms with E-state index in [1.54, 1.807) is 7.11 Å². The summed E-state index contributed by atoms with van der Waals surface area (Å²) >= 11 is 1.38. The number of aromatic nitrogens is 3. The van der Waals surface area contributed by atoms with Crippen LogP contribution >= 0.6 is 11.8 Å². The summed E-state index contributed by atoms with van der Waals surface area (Å²) in [6.07, 6.45) is 4.88. The Labute approximate surface area is 152 Å². The van der Waals surface area contributed by atoms with Crippen LogP contribution in [0.5, 0.6) is 5.75 Å². The third-order valence-corrected chi connectivity index (χ3v) is 4.53. The van der Waals surface area contributed by atoms with Gasteiger partial charge in [0.25, 0.3) is 0 Å². The second-order valence-electron chi connectivity index (χ2n) is 5.47. The van der Waals surface area contributed by atoms with Crippen molar-refractivity contribution >= 4 is 23.4 Å². The quantitative estimate of drug-likeness (QED) is 0.518. The number of unbranched alkanes of at least 4 members (excludes halogenated alkanes) is 1. The number of nitrogens with zero attached hydrogens (tertiary/aromatic N) is 3. The van der Waals surface area contributed by atoms with Crippen LogP contribution in [0.25, 0.3) is 0 Å². The van der Waals surface area contributed by atoms with Crippen LogP contribution in [0.4, 0.5) is 5.69 Å². The van der Waals surface area contributed by atoms with Crippen LogP contribution in [0.1, 0.15) is 25.6 Å². The van der Waals surface area contributed by atoms with E-state index in [1.165, 1.54) is 11.8 Å². The van der Waals surface area contributed by atoms with Crippen molar-refractivity contribution in [3.05, 3.63) is 42.7 Å². The van der Waals surface area contributed by atoms with Crippen molar-refractivity contribution in [2.75, 3.05) is 18.2 Å². The molecule has 0 saturated carbocycles. The smallest absolute Gasteiger partial charge is 0.234 e. The van der Waals surface area contributed by atoms with Gasteiger partial charge in [-0.25, -0.2) is 0 Å². The van der Waals surface area contributed by atoms with E-state index in [2.05, 4.69) is 29.0 Å². The number of amides is 1. The number of hydrogen-bond acceptors (Lipinski definition) is 5. The molecule has 2 aromatic rings.